The van der Waals surface area contributed by atoms with E-state index < -0.39 is 5.97 Å². The van der Waals surface area contributed by atoms with Crippen molar-refractivity contribution in [2.24, 2.45) is 5.92 Å². The molecule has 2 aromatic carbocycles. The van der Waals surface area contributed by atoms with Crippen LogP contribution >= 0.6 is 0 Å². The van der Waals surface area contributed by atoms with Crippen LogP contribution in [0.15, 0.2) is 89.5 Å². The summed E-state index contributed by atoms with van der Waals surface area (Å²) in [4.78, 5) is 30.5. The maximum atomic E-state index is 12.6. The Hall–Kier alpha value is -4.59. The van der Waals surface area contributed by atoms with E-state index >= 15 is 0 Å². The summed E-state index contributed by atoms with van der Waals surface area (Å²) in [6.07, 6.45) is 3.54. The number of hydrogen-bond donors (Lipinski definition) is 2. The Kier molecular flexibility index (Phi) is 7.16. The lowest BCUT2D eigenvalue weighted by molar-refractivity contribution is 0.0696. The molecule has 188 valence electrons. The number of nitrogens with one attached hydrogen (secondary N) is 1. The fourth-order valence-electron chi connectivity index (χ4n) is 4.32. The van der Waals surface area contributed by atoms with E-state index in [0.717, 1.165) is 37.3 Å². The predicted molar refractivity (Wildman–Crippen MR) is 140 cm³/mol. The Bertz CT molecular complexity index is 1360. The minimum absolute atomic E-state index is 0.221. The smallest absolute Gasteiger partial charge is 0.335 e. The zero-order valence-electron chi connectivity index (χ0n) is 20.2. The number of anilines is 2. The molecule has 1 amide bonds. The van der Waals surface area contributed by atoms with Crippen LogP contribution < -0.4 is 15.0 Å². The molecular weight excluding hydrogens is 470 g/mol. The maximum absolute atomic E-state index is 12.6. The van der Waals surface area contributed by atoms with Gasteiger partial charge in [-0.25, -0.2) is 9.78 Å². The molecular formula is C29H27N3O5. The van der Waals surface area contributed by atoms with Gasteiger partial charge in [0.1, 0.15) is 17.3 Å². The highest BCUT2D eigenvalue weighted by Crippen LogP contribution is 2.25. The summed E-state index contributed by atoms with van der Waals surface area (Å²) < 4.78 is 11.6. The summed E-state index contributed by atoms with van der Waals surface area (Å²) in [6, 6.07) is 23.4. The fourth-order valence-corrected chi connectivity index (χ4v) is 4.32. The molecule has 0 spiro atoms. The van der Waals surface area contributed by atoms with E-state index in [4.69, 9.17) is 14.3 Å². The van der Waals surface area contributed by atoms with Crippen LogP contribution in [0.3, 0.4) is 0 Å². The Balaban J connectivity index is 1.10. The minimum Gasteiger partial charge on any atom is -0.493 e. The van der Waals surface area contributed by atoms with Crippen LogP contribution in [0.4, 0.5) is 11.5 Å². The number of nitrogens with zero attached hydrogens (tertiary/aromatic N) is 2. The zero-order chi connectivity index (χ0) is 25.6. The van der Waals surface area contributed by atoms with Crippen molar-refractivity contribution in [1.82, 2.24) is 4.98 Å². The number of benzene rings is 2. The highest BCUT2D eigenvalue weighted by molar-refractivity contribution is 6.02. The molecule has 1 fully saturated rings. The molecule has 0 radical (unpaired) electrons. The van der Waals surface area contributed by atoms with Crippen LogP contribution in [0.1, 0.15) is 33.8 Å². The van der Waals surface area contributed by atoms with Gasteiger partial charge in [0.15, 0.2) is 5.76 Å². The molecule has 8 heteroatoms. The Labute approximate surface area is 214 Å². The van der Waals surface area contributed by atoms with Crippen LogP contribution in [0.2, 0.25) is 0 Å². The van der Waals surface area contributed by atoms with Gasteiger partial charge < -0.3 is 24.5 Å². The van der Waals surface area contributed by atoms with Crippen LogP contribution in [0, 0.1) is 5.92 Å². The average Bonchev–Trinajstić information content (AvgIpc) is 3.44. The number of carbonyl (C=O) groups excluding carboxylic acids is 1. The van der Waals surface area contributed by atoms with Gasteiger partial charge in [0, 0.05) is 18.7 Å². The van der Waals surface area contributed by atoms with Crippen LogP contribution in [-0.4, -0.2) is 41.7 Å². The molecule has 0 aliphatic carbocycles. The lowest BCUT2D eigenvalue weighted by Gasteiger charge is -2.32. The van der Waals surface area contributed by atoms with Gasteiger partial charge in [-0.05, 0) is 61.2 Å². The zero-order valence-corrected chi connectivity index (χ0v) is 20.2. The number of pyridine rings is 1. The minimum atomic E-state index is -0.963. The van der Waals surface area contributed by atoms with Gasteiger partial charge in [-0.1, -0.05) is 36.4 Å². The number of amides is 1. The highest BCUT2D eigenvalue weighted by Gasteiger charge is 2.21. The summed E-state index contributed by atoms with van der Waals surface area (Å²) >= 11 is 0. The molecule has 0 bridgehead atoms. The summed E-state index contributed by atoms with van der Waals surface area (Å²) in [5, 5.41) is 12.0. The van der Waals surface area contributed by atoms with Crippen molar-refractivity contribution in [2.75, 3.05) is 29.9 Å². The van der Waals surface area contributed by atoms with E-state index in [1.54, 1.807) is 42.6 Å². The number of furan rings is 1. The van der Waals surface area contributed by atoms with Crippen molar-refractivity contribution >= 4 is 23.4 Å². The van der Waals surface area contributed by atoms with Gasteiger partial charge in [0.05, 0.1) is 24.1 Å². The van der Waals surface area contributed by atoms with E-state index in [2.05, 4.69) is 15.2 Å². The predicted octanol–water partition coefficient (Wildman–Crippen LogP) is 5.59. The second-order valence-corrected chi connectivity index (χ2v) is 8.96. The van der Waals surface area contributed by atoms with Gasteiger partial charge in [-0.2, -0.15) is 0 Å². The normalized spacial score (nSPS) is 13.8. The SMILES string of the molecule is O=C(O)c1cccc(OCC2CCN(c3ccc(NC(=O)c4ccc(-c5ccccc5)o4)cn3)CC2)c1. The third kappa shape index (κ3) is 5.98. The van der Waals surface area contributed by atoms with Crippen molar-refractivity contribution in [3.63, 3.8) is 0 Å². The largest absolute Gasteiger partial charge is 0.493 e. The molecule has 1 aliphatic heterocycles. The fraction of sp³-hybridized carbons (Fsp3) is 0.207. The molecule has 1 aliphatic rings. The number of aromatic nitrogens is 1. The first-order valence-electron chi connectivity index (χ1n) is 12.2. The van der Waals surface area contributed by atoms with Crippen LogP contribution in [-0.2, 0) is 0 Å². The molecule has 0 atom stereocenters. The van der Waals surface area contributed by atoms with Gasteiger partial charge >= 0.3 is 5.97 Å². The molecule has 3 heterocycles. The number of ether oxygens (including phenoxy) is 1. The lowest BCUT2D eigenvalue weighted by Crippen LogP contribution is -2.36. The van der Waals surface area contributed by atoms with E-state index in [-0.39, 0.29) is 17.2 Å². The Morgan fingerprint density at radius 2 is 1.81 bits per heavy atom. The van der Waals surface area contributed by atoms with Gasteiger partial charge in [0.25, 0.3) is 5.91 Å². The monoisotopic (exact) mass is 497 g/mol. The van der Waals surface area contributed by atoms with Crippen molar-refractivity contribution in [3.05, 3.63) is 96.4 Å². The second kappa shape index (κ2) is 11.0. The standard InChI is InChI=1S/C29H27N3O5/c33-28(26-11-10-25(37-26)21-5-2-1-3-6-21)31-23-9-12-27(30-18-23)32-15-13-20(14-16-32)19-36-24-8-4-7-22(17-24)29(34)35/h1-12,17-18,20H,13-16,19H2,(H,31,33)(H,34,35). The maximum Gasteiger partial charge on any atom is 0.335 e. The number of rotatable bonds is 8. The van der Waals surface area contributed by atoms with Gasteiger partial charge in [-0.15, -0.1) is 0 Å². The van der Waals surface area contributed by atoms with E-state index in [0.29, 0.717) is 29.7 Å². The molecule has 37 heavy (non-hydrogen) atoms. The number of carboxylic acids is 1. The van der Waals surface area contributed by atoms with Crippen molar-refractivity contribution < 1.29 is 23.8 Å². The number of hydrogen-bond acceptors (Lipinski definition) is 6. The van der Waals surface area contributed by atoms with Crippen LogP contribution in [0.5, 0.6) is 5.75 Å². The molecule has 4 aromatic rings. The van der Waals surface area contributed by atoms with Gasteiger partial charge in [0.2, 0.25) is 0 Å². The quantitative estimate of drug-likeness (QED) is 0.327. The first kappa shape index (κ1) is 24.1. The van der Waals surface area contributed by atoms with Crippen molar-refractivity contribution in [2.45, 2.75) is 12.8 Å². The highest BCUT2D eigenvalue weighted by atomic mass is 16.5. The molecule has 8 nitrogen and oxygen atoms in total. The van der Waals surface area contributed by atoms with Gasteiger partial charge in [-0.3, -0.25) is 4.79 Å². The van der Waals surface area contributed by atoms with Crippen molar-refractivity contribution in [3.8, 4) is 17.1 Å². The topological polar surface area (TPSA) is 105 Å². The van der Waals surface area contributed by atoms with E-state index in [1.807, 2.05) is 42.5 Å². The van der Waals surface area contributed by atoms with E-state index in [9.17, 15) is 9.59 Å². The Morgan fingerprint density at radius 3 is 2.54 bits per heavy atom. The third-order valence-corrected chi connectivity index (χ3v) is 6.40. The summed E-state index contributed by atoms with van der Waals surface area (Å²) in [5.41, 5.74) is 1.73. The van der Waals surface area contributed by atoms with E-state index in [1.165, 1.54) is 0 Å². The molecule has 2 N–H and O–H groups in total. The van der Waals surface area contributed by atoms with Crippen molar-refractivity contribution in [1.29, 1.82) is 0 Å². The lowest BCUT2D eigenvalue weighted by atomic mass is 9.98. The summed E-state index contributed by atoms with van der Waals surface area (Å²) in [6.45, 7) is 2.24. The summed E-state index contributed by atoms with van der Waals surface area (Å²) in [7, 11) is 0. The number of carbonyl (C=O) groups is 2. The molecule has 0 saturated carbocycles. The number of aromatic carboxylic acids is 1. The number of carboxylic acid groups (broad SMARTS) is 1. The first-order valence-corrected chi connectivity index (χ1v) is 12.2. The third-order valence-electron chi connectivity index (χ3n) is 6.40. The van der Waals surface area contributed by atoms with Crippen LogP contribution in [0.25, 0.3) is 11.3 Å². The summed E-state index contributed by atoms with van der Waals surface area (Å²) in [5.74, 6) is 1.41. The average molecular weight is 498 g/mol. The molecule has 2 aromatic heterocycles. The Morgan fingerprint density at radius 1 is 1.00 bits per heavy atom. The second-order valence-electron chi connectivity index (χ2n) is 8.96. The number of piperidine rings is 1. The molecule has 1 saturated heterocycles. The molecule has 5 rings (SSSR count). The molecule has 0 unspecified atom stereocenters. The first-order chi connectivity index (χ1) is 18.0.